The maximum Gasteiger partial charge on any atom is 0.261 e. The lowest BCUT2D eigenvalue weighted by atomic mass is 9.79. The van der Waals surface area contributed by atoms with Gasteiger partial charge in [0.25, 0.3) is 5.91 Å². The number of carbonyl (C=O) groups excluding carboxylic acids is 1. The lowest BCUT2D eigenvalue weighted by Gasteiger charge is -2.49. The Labute approximate surface area is 133 Å². The van der Waals surface area contributed by atoms with Gasteiger partial charge in [0.2, 0.25) is 5.89 Å². The first-order valence-electron chi connectivity index (χ1n) is 7.77. The Bertz CT molecular complexity index is 657. The van der Waals surface area contributed by atoms with Crippen LogP contribution >= 0.6 is 11.3 Å². The molecule has 5 rings (SSSR count). The fraction of sp³-hybridized carbons (Fsp3) is 0.500. The summed E-state index contributed by atoms with van der Waals surface area (Å²) in [5.74, 6) is 1.21. The Morgan fingerprint density at radius 2 is 2.23 bits per heavy atom. The summed E-state index contributed by atoms with van der Waals surface area (Å²) in [7, 11) is 0. The molecule has 2 atom stereocenters. The van der Waals surface area contributed by atoms with E-state index in [4.69, 9.17) is 4.42 Å². The first kappa shape index (κ1) is 14.0. The van der Waals surface area contributed by atoms with Gasteiger partial charge in [-0.05, 0) is 50.9 Å². The van der Waals surface area contributed by atoms with Crippen molar-refractivity contribution in [2.75, 3.05) is 13.1 Å². The van der Waals surface area contributed by atoms with Crippen molar-refractivity contribution in [1.82, 2.24) is 15.2 Å². The average Bonchev–Trinajstić information content (AvgIpc) is 3.21. The first-order valence-corrected chi connectivity index (χ1v) is 8.58. The van der Waals surface area contributed by atoms with E-state index in [-0.39, 0.29) is 11.9 Å². The summed E-state index contributed by atoms with van der Waals surface area (Å²) < 4.78 is 5.28. The van der Waals surface area contributed by atoms with Gasteiger partial charge in [0.1, 0.15) is 6.26 Å². The topological polar surface area (TPSA) is 58.4 Å². The number of carbonyl (C=O) groups is 1. The molecule has 3 aliphatic rings. The molecule has 3 aliphatic heterocycles. The highest BCUT2D eigenvalue weighted by molar-refractivity contribution is 7.17. The van der Waals surface area contributed by atoms with Crippen molar-refractivity contribution >= 4 is 17.2 Å². The fourth-order valence-corrected chi connectivity index (χ4v) is 4.54. The predicted octanol–water partition coefficient (Wildman–Crippen LogP) is 2.62. The third-order valence-corrected chi connectivity index (χ3v) is 6.02. The summed E-state index contributed by atoms with van der Waals surface area (Å²) in [4.78, 5) is 20.8. The van der Waals surface area contributed by atoms with Crippen LogP contribution in [0.4, 0.5) is 0 Å². The van der Waals surface area contributed by atoms with E-state index in [9.17, 15) is 4.79 Å². The van der Waals surface area contributed by atoms with Crippen LogP contribution in [0.5, 0.6) is 0 Å². The summed E-state index contributed by atoms with van der Waals surface area (Å²) in [6.07, 6.45) is 5.55. The Balaban J connectivity index is 1.48. The van der Waals surface area contributed by atoms with Crippen molar-refractivity contribution in [2.45, 2.75) is 31.8 Å². The molecular formula is C16H19N3O2S. The number of amides is 1. The lowest BCUT2D eigenvalue weighted by molar-refractivity contribution is 0.0218. The second-order valence-corrected chi connectivity index (χ2v) is 7.20. The molecule has 22 heavy (non-hydrogen) atoms. The molecule has 6 heteroatoms. The van der Waals surface area contributed by atoms with Crippen LogP contribution in [0.2, 0.25) is 0 Å². The van der Waals surface area contributed by atoms with Crippen LogP contribution in [0.25, 0.3) is 10.8 Å². The number of fused-ring (bicyclic) bond motifs is 3. The zero-order valence-corrected chi connectivity index (χ0v) is 13.3. The Hall–Kier alpha value is -1.66. The van der Waals surface area contributed by atoms with Gasteiger partial charge in [0, 0.05) is 12.1 Å². The minimum Gasteiger partial charge on any atom is -0.444 e. The molecule has 116 valence electrons. The van der Waals surface area contributed by atoms with Crippen molar-refractivity contribution in [3.05, 3.63) is 29.5 Å². The van der Waals surface area contributed by atoms with E-state index in [1.807, 2.05) is 12.1 Å². The van der Waals surface area contributed by atoms with Gasteiger partial charge in [-0.25, -0.2) is 4.98 Å². The Kier molecular flexibility index (Phi) is 3.50. The van der Waals surface area contributed by atoms with Crippen LogP contribution in [0, 0.1) is 5.92 Å². The van der Waals surface area contributed by atoms with E-state index in [1.54, 1.807) is 12.5 Å². The standard InChI is InChI=1S/C16H19N3O2S/c1-10-14(11-4-7-19(10)8-5-11)18-15(20)12-2-3-13(22-12)16-17-6-9-21-16/h2-3,6,9-11,14H,4-5,7-8H2,1H3,(H,18,20)/t10-,14-/m0/s1. The number of nitrogens with zero attached hydrogens (tertiary/aromatic N) is 2. The van der Waals surface area contributed by atoms with Gasteiger partial charge >= 0.3 is 0 Å². The average molecular weight is 317 g/mol. The van der Waals surface area contributed by atoms with Crippen LogP contribution in [-0.4, -0.2) is 41.0 Å². The van der Waals surface area contributed by atoms with E-state index in [2.05, 4.69) is 22.1 Å². The molecule has 2 aromatic heterocycles. The highest BCUT2D eigenvalue weighted by Gasteiger charge is 2.40. The van der Waals surface area contributed by atoms with Gasteiger partial charge in [-0.15, -0.1) is 11.3 Å². The summed E-state index contributed by atoms with van der Waals surface area (Å²) in [5, 5.41) is 3.25. The van der Waals surface area contributed by atoms with Gasteiger partial charge in [-0.2, -0.15) is 0 Å². The van der Waals surface area contributed by atoms with Crippen LogP contribution in [0.1, 0.15) is 29.4 Å². The van der Waals surface area contributed by atoms with E-state index < -0.39 is 0 Å². The molecule has 0 aliphatic carbocycles. The molecule has 0 spiro atoms. The zero-order valence-electron chi connectivity index (χ0n) is 12.5. The van der Waals surface area contributed by atoms with Crippen LogP contribution < -0.4 is 5.32 Å². The maximum atomic E-state index is 12.5. The van der Waals surface area contributed by atoms with Crippen LogP contribution in [-0.2, 0) is 0 Å². The van der Waals surface area contributed by atoms with E-state index in [0.29, 0.717) is 17.9 Å². The Morgan fingerprint density at radius 3 is 2.91 bits per heavy atom. The maximum absolute atomic E-state index is 12.5. The first-order chi connectivity index (χ1) is 10.7. The molecule has 0 saturated carbocycles. The third-order valence-electron chi connectivity index (χ3n) is 4.95. The summed E-state index contributed by atoms with van der Waals surface area (Å²) in [6.45, 7) is 4.57. The van der Waals surface area contributed by atoms with E-state index >= 15 is 0 Å². The number of rotatable bonds is 3. The fourth-order valence-electron chi connectivity index (χ4n) is 3.69. The molecule has 3 saturated heterocycles. The molecule has 2 bridgehead atoms. The van der Waals surface area contributed by atoms with E-state index in [0.717, 1.165) is 9.75 Å². The second-order valence-electron chi connectivity index (χ2n) is 6.11. The largest absolute Gasteiger partial charge is 0.444 e. The van der Waals surface area contributed by atoms with Gasteiger partial charge in [0.05, 0.1) is 16.0 Å². The number of aromatic nitrogens is 1. The molecule has 0 aromatic carbocycles. The van der Waals surface area contributed by atoms with Gasteiger partial charge < -0.3 is 9.73 Å². The number of oxazole rings is 1. The van der Waals surface area contributed by atoms with Gasteiger partial charge in [0.15, 0.2) is 0 Å². The van der Waals surface area contributed by atoms with Crippen LogP contribution in [0.3, 0.4) is 0 Å². The van der Waals surface area contributed by atoms with Crippen molar-refractivity contribution in [2.24, 2.45) is 5.92 Å². The number of nitrogens with one attached hydrogen (secondary N) is 1. The van der Waals surface area contributed by atoms with Gasteiger partial charge in [-0.3, -0.25) is 9.69 Å². The minimum atomic E-state index is 0.0217. The smallest absolute Gasteiger partial charge is 0.261 e. The highest BCUT2D eigenvalue weighted by Crippen LogP contribution is 2.33. The highest BCUT2D eigenvalue weighted by atomic mass is 32.1. The zero-order chi connectivity index (χ0) is 15.1. The quantitative estimate of drug-likeness (QED) is 0.945. The minimum absolute atomic E-state index is 0.0217. The van der Waals surface area contributed by atoms with Crippen molar-refractivity contribution in [3.63, 3.8) is 0 Å². The summed E-state index contributed by atoms with van der Waals surface area (Å²) in [5.41, 5.74) is 0. The second kappa shape index (κ2) is 5.52. The molecule has 5 heterocycles. The number of thiophene rings is 1. The molecular weight excluding hydrogens is 298 g/mol. The third kappa shape index (κ3) is 2.36. The molecule has 5 nitrogen and oxygen atoms in total. The molecule has 3 fully saturated rings. The SMILES string of the molecule is C[C@H]1[C@H](NC(=O)c2ccc(-c3ncco3)s2)C2CCN1CC2. The summed E-state index contributed by atoms with van der Waals surface area (Å²) >= 11 is 1.43. The normalized spacial score (nSPS) is 30.4. The van der Waals surface area contributed by atoms with Gasteiger partial charge in [-0.1, -0.05) is 0 Å². The van der Waals surface area contributed by atoms with Crippen molar-refractivity contribution in [3.8, 4) is 10.8 Å². The number of piperidine rings is 3. The molecule has 0 radical (unpaired) electrons. The Morgan fingerprint density at radius 1 is 1.41 bits per heavy atom. The molecule has 0 unspecified atom stereocenters. The molecule has 1 N–H and O–H groups in total. The summed E-state index contributed by atoms with van der Waals surface area (Å²) in [6, 6.07) is 4.45. The van der Waals surface area contributed by atoms with E-state index in [1.165, 1.54) is 37.3 Å². The van der Waals surface area contributed by atoms with Crippen molar-refractivity contribution in [1.29, 1.82) is 0 Å². The number of hydrogen-bond acceptors (Lipinski definition) is 5. The van der Waals surface area contributed by atoms with Crippen LogP contribution in [0.15, 0.2) is 29.0 Å². The molecule has 1 amide bonds. The lowest BCUT2D eigenvalue weighted by Crippen LogP contribution is -2.62. The molecule has 2 aromatic rings. The predicted molar refractivity (Wildman–Crippen MR) is 84.8 cm³/mol. The van der Waals surface area contributed by atoms with Crippen molar-refractivity contribution < 1.29 is 9.21 Å². The monoisotopic (exact) mass is 317 g/mol. The number of hydrogen-bond donors (Lipinski definition) is 1.